The number of hydrogen-bond donors (Lipinski definition) is 2. The van der Waals surface area contributed by atoms with Gasteiger partial charge in [0.15, 0.2) is 0 Å². The van der Waals surface area contributed by atoms with Crippen molar-refractivity contribution in [3.8, 4) is 5.75 Å². The van der Waals surface area contributed by atoms with Crippen molar-refractivity contribution in [2.24, 2.45) is 5.92 Å². The summed E-state index contributed by atoms with van der Waals surface area (Å²) in [5, 5.41) is 12.6. The van der Waals surface area contributed by atoms with Crippen molar-refractivity contribution in [1.82, 2.24) is 5.32 Å². The van der Waals surface area contributed by atoms with E-state index in [1.54, 1.807) is 12.1 Å². The van der Waals surface area contributed by atoms with Crippen LogP contribution in [0, 0.1) is 9.49 Å². The summed E-state index contributed by atoms with van der Waals surface area (Å²) in [5.74, 6) is 0.635. The molecule has 0 aliphatic heterocycles. The summed E-state index contributed by atoms with van der Waals surface area (Å²) >= 11 is 5.67. The zero-order chi connectivity index (χ0) is 13.8. The molecule has 104 valence electrons. The van der Waals surface area contributed by atoms with Crippen LogP contribution < -0.4 is 5.32 Å². The first-order chi connectivity index (χ1) is 9.06. The molecule has 1 aliphatic rings. The predicted octanol–water partition coefficient (Wildman–Crippen LogP) is 3.68. The van der Waals surface area contributed by atoms with Crippen LogP contribution in [-0.2, 0) is 0 Å². The Kier molecular flexibility index (Phi) is 5.50. The summed E-state index contributed by atoms with van der Waals surface area (Å²) in [6.45, 7) is 0.727. The molecule has 0 radical (unpaired) electrons. The Morgan fingerprint density at radius 1 is 1.37 bits per heavy atom. The summed E-state index contributed by atoms with van der Waals surface area (Å²) in [5.41, 5.74) is 0.520. The number of phenols is 1. The van der Waals surface area contributed by atoms with Crippen molar-refractivity contribution >= 4 is 44.4 Å². The highest BCUT2D eigenvalue weighted by molar-refractivity contribution is 14.1. The van der Waals surface area contributed by atoms with E-state index in [-0.39, 0.29) is 11.7 Å². The van der Waals surface area contributed by atoms with Crippen LogP contribution in [0.25, 0.3) is 0 Å². The number of amides is 1. The Bertz CT molecular complexity index is 459. The van der Waals surface area contributed by atoms with Crippen molar-refractivity contribution in [2.75, 3.05) is 6.54 Å². The van der Waals surface area contributed by atoms with Crippen LogP contribution in [-0.4, -0.2) is 22.4 Å². The molecule has 3 nitrogen and oxygen atoms in total. The van der Waals surface area contributed by atoms with Crippen molar-refractivity contribution in [2.45, 2.75) is 30.5 Å². The number of benzene rings is 1. The highest BCUT2D eigenvalue weighted by Gasteiger charge is 2.19. The van der Waals surface area contributed by atoms with Crippen LogP contribution in [0.1, 0.15) is 36.0 Å². The molecule has 1 saturated carbocycles. The summed E-state index contributed by atoms with van der Waals surface area (Å²) in [4.78, 5) is 12.6. The molecule has 1 fully saturated rings. The zero-order valence-corrected chi connectivity index (χ0v) is 14.3. The number of halogens is 2. The van der Waals surface area contributed by atoms with Gasteiger partial charge in [-0.3, -0.25) is 4.79 Å². The summed E-state index contributed by atoms with van der Waals surface area (Å²) < 4.78 is 0.754. The van der Waals surface area contributed by atoms with Gasteiger partial charge in [-0.1, -0.05) is 15.9 Å². The second kappa shape index (κ2) is 6.92. The topological polar surface area (TPSA) is 49.3 Å². The Morgan fingerprint density at radius 2 is 2.05 bits per heavy atom. The third-order valence-corrected chi connectivity index (χ3v) is 5.36. The van der Waals surface area contributed by atoms with Gasteiger partial charge in [0.25, 0.3) is 5.91 Å². The second-order valence-corrected chi connectivity index (χ2v) is 7.45. The fourth-order valence-corrected chi connectivity index (χ4v) is 3.18. The van der Waals surface area contributed by atoms with Crippen molar-refractivity contribution < 1.29 is 9.90 Å². The number of hydrogen-bond acceptors (Lipinski definition) is 2. The molecule has 1 aromatic carbocycles. The monoisotopic (exact) mass is 437 g/mol. The first kappa shape index (κ1) is 15.1. The van der Waals surface area contributed by atoms with Gasteiger partial charge in [-0.15, -0.1) is 0 Å². The Hall–Kier alpha value is -0.300. The first-order valence-electron chi connectivity index (χ1n) is 6.47. The average molecular weight is 438 g/mol. The van der Waals surface area contributed by atoms with Crippen LogP contribution in [0.15, 0.2) is 18.2 Å². The normalized spacial score (nSPS) is 23.1. The van der Waals surface area contributed by atoms with E-state index in [1.165, 1.54) is 18.9 Å². The van der Waals surface area contributed by atoms with E-state index >= 15 is 0 Å². The molecule has 0 bridgehead atoms. The third-order valence-electron chi connectivity index (χ3n) is 3.54. The molecule has 0 heterocycles. The van der Waals surface area contributed by atoms with E-state index in [0.717, 1.165) is 23.0 Å². The van der Waals surface area contributed by atoms with E-state index in [4.69, 9.17) is 0 Å². The van der Waals surface area contributed by atoms with E-state index in [0.29, 0.717) is 16.3 Å². The van der Waals surface area contributed by atoms with E-state index in [2.05, 4.69) is 21.2 Å². The Balaban J connectivity index is 1.85. The van der Waals surface area contributed by atoms with Crippen LogP contribution in [0.3, 0.4) is 0 Å². The largest absolute Gasteiger partial charge is 0.507 e. The molecule has 2 rings (SSSR count). The van der Waals surface area contributed by atoms with Gasteiger partial charge in [-0.2, -0.15) is 0 Å². The second-order valence-electron chi connectivity index (χ2n) is 4.99. The van der Waals surface area contributed by atoms with Crippen LogP contribution in [0.5, 0.6) is 5.75 Å². The highest BCUT2D eigenvalue weighted by atomic mass is 127. The van der Waals surface area contributed by atoms with Gasteiger partial charge in [-0.25, -0.2) is 0 Å². The fraction of sp³-hybridized carbons (Fsp3) is 0.500. The Labute approximate surface area is 135 Å². The fourth-order valence-electron chi connectivity index (χ4n) is 2.32. The van der Waals surface area contributed by atoms with E-state index in [9.17, 15) is 9.90 Å². The van der Waals surface area contributed by atoms with Crippen molar-refractivity contribution in [1.29, 1.82) is 0 Å². The number of carbonyl (C=O) groups is 1. The third kappa shape index (κ3) is 4.34. The first-order valence-corrected chi connectivity index (χ1v) is 8.46. The lowest BCUT2D eigenvalue weighted by Crippen LogP contribution is -2.31. The minimum absolute atomic E-state index is 0.104. The van der Waals surface area contributed by atoms with Crippen LogP contribution >= 0.6 is 38.5 Å². The number of phenolic OH excluding ortho intramolecular Hbond substituents is 1. The molecule has 1 aromatic rings. The highest BCUT2D eigenvalue weighted by Crippen LogP contribution is 2.28. The summed E-state index contributed by atoms with van der Waals surface area (Å²) in [7, 11) is 0. The molecular weight excluding hydrogens is 421 g/mol. The van der Waals surface area contributed by atoms with E-state index < -0.39 is 0 Å². The predicted molar refractivity (Wildman–Crippen MR) is 87.8 cm³/mol. The van der Waals surface area contributed by atoms with Gasteiger partial charge in [0.05, 0.1) is 3.57 Å². The van der Waals surface area contributed by atoms with E-state index in [1.807, 2.05) is 22.6 Å². The lowest BCUT2D eigenvalue weighted by atomic mass is 9.89. The lowest BCUT2D eigenvalue weighted by molar-refractivity contribution is 0.0943. The molecule has 1 amide bonds. The molecule has 2 N–H and O–H groups in total. The maximum atomic E-state index is 12.0. The molecular formula is C14H17BrINO2. The summed E-state index contributed by atoms with van der Waals surface area (Å²) in [6.07, 6.45) is 4.69. The van der Waals surface area contributed by atoms with Gasteiger partial charge in [-0.05, 0) is 72.4 Å². The zero-order valence-electron chi connectivity index (χ0n) is 10.5. The Morgan fingerprint density at radius 3 is 2.68 bits per heavy atom. The van der Waals surface area contributed by atoms with Crippen molar-refractivity contribution in [3.05, 3.63) is 27.3 Å². The SMILES string of the molecule is O=C(NCC1CCC(Br)CC1)c1ccc(I)c(O)c1. The molecule has 19 heavy (non-hydrogen) atoms. The lowest BCUT2D eigenvalue weighted by Gasteiger charge is -2.25. The van der Waals surface area contributed by atoms with Crippen LogP contribution in [0.4, 0.5) is 0 Å². The number of nitrogens with one attached hydrogen (secondary N) is 1. The van der Waals surface area contributed by atoms with Gasteiger partial charge in [0.1, 0.15) is 5.75 Å². The minimum atomic E-state index is -0.104. The maximum absolute atomic E-state index is 12.0. The molecule has 0 spiro atoms. The number of carbonyl (C=O) groups excluding carboxylic acids is 1. The van der Waals surface area contributed by atoms with Gasteiger partial charge in [0, 0.05) is 16.9 Å². The molecule has 0 saturated heterocycles. The number of rotatable bonds is 3. The molecule has 0 atom stereocenters. The minimum Gasteiger partial charge on any atom is -0.507 e. The maximum Gasteiger partial charge on any atom is 0.251 e. The van der Waals surface area contributed by atoms with Crippen molar-refractivity contribution in [3.63, 3.8) is 0 Å². The average Bonchev–Trinajstić information content (AvgIpc) is 2.41. The molecule has 0 aromatic heterocycles. The number of aromatic hydroxyl groups is 1. The van der Waals surface area contributed by atoms with Gasteiger partial charge < -0.3 is 10.4 Å². The van der Waals surface area contributed by atoms with Gasteiger partial charge in [0.2, 0.25) is 0 Å². The molecule has 5 heteroatoms. The van der Waals surface area contributed by atoms with Gasteiger partial charge >= 0.3 is 0 Å². The smallest absolute Gasteiger partial charge is 0.251 e. The quantitative estimate of drug-likeness (QED) is 0.559. The summed E-state index contributed by atoms with van der Waals surface area (Å²) in [6, 6.07) is 5.01. The number of alkyl halides is 1. The standard InChI is InChI=1S/C14H17BrINO2/c15-11-4-1-9(2-5-11)8-17-14(19)10-3-6-12(16)13(18)7-10/h3,6-7,9,11,18H,1-2,4-5,8H2,(H,17,19). The molecule has 0 unspecified atom stereocenters. The molecule has 1 aliphatic carbocycles. The van der Waals surface area contributed by atoms with Crippen LogP contribution in [0.2, 0.25) is 0 Å².